The Kier molecular flexibility index (Phi) is 3.04. The van der Waals surface area contributed by atoms with Gasteiger partial charge in [-0.25, -0.2) is 4.39 Å². The van der Waals surface area contributed by atoms with Crippen molar-refractivity contribution in [2.75, 3.05) is 6.54 Å². The quantitative estimate of drug-likeness (QED) is 0.781. The number of aromatic nitrogens is 3. The summed E-state index contributed by atoms with van der Waals surface area (Å²) < 4.78 is 15.4. The third kappa shape index (κ3) is 2.35. The van der Waals surface area contributed by atoms with E-state index < -0.39 is 0 Å². The maximum absolute atomic E-state index is 13.6. The van der Waals surface area contributed by atoms with Gasteiger partial charge in [0.05, 0.1) is 6.20 Å². The molecule has 5 rings (SSSR count). The molecule has 1 aliphatic heterocycles. The molecule has 128 valence electrons. The van der Waals surface area contributed by atoms with Gasteiger partial charge in [-0.2, -0.15) is 5.10 Å². The average molecular weight is 338 g/mol. The Morgan fingerprint density at radius 1 is 1.40 bits per heavy atom. The second-order valence-corrected chi connectivity index (χ2v) is 7.18. The summed E-state index contributed by atoms with van der Waals surface area (Å²) >= 11 is 0. The molecule has 0 spiro atoms. The molecule has 1 aliphatic carbocycles. The highest BCUT2D eigenvalue weighted by Crippen LogP contribution is 2.48. The monoisotopic (exact) mass is 338 g/mol. The SMILES string of the molecule is Cn1cc([C@@H]2C[C@H]2C(=O)N2CCc3[nH]c4ccc(F)cc4c3C2)cn1. The summed E-state index contributed by atoms with van der Waals surface area (Å²) in [6.45, 7) is 1.28. The van der Waals surface area contributed by atoms with Crippen LogP contribution in [0.25, 0.3) is 10.9 Å². The minimum Gasteiger partial charge on any atom is -0.358 e. The normalized spacial score (nSPS) is 22.2. The highest BCUT2D eigenvalue weighted by atomic mass is 19.1. The second kappa shape index (κ2) is 5.18. The van der Waals surface area contributed by atoms with Crippen LogP contribution in [-0.4, -0.2) is 32.1 Å². The number of H-pyrrole nitrogens is 1. The van der Waals surface area contributed by atoms with Gasteiger partial charge in [0.25, 0.3) is 0 Å². The fourth-order valence-corrected chi connectivity index (χ4v) is 4.08. The first-order valence-electron chi connectivity index (χ1n) is 8.66. The van der Waals surface area contributed by atoms with Crippen molar-refractivity contribution in [1.29, 1.82) is 0 Å². The third-order valence-electron chi connectivity index (χ3n) is 5.51. The van der Waals surface area contributed by atoms with E-state index in [1.165, 1.54) is 6.07 Å². The number of hydrogen-bond acceptors (Lipinski definition) is 2. The van der Waals surface area contributed by atoms with Crippen molar-refractivity contribution in [1.82, 2.24) is 19.7 Å². The molecule has 2 aromatic heterocycles. The van der Waals surface area contributed by atoms with Crippen LogP contribution < -0.4 is 0 Å². The number of carbonyl (C=O) groups excluding carboxylic acids is 1. The van der Waals surface area contributed by atoms with Crippen molar-refractivity contribution in [2.45, 2.75) is 25.3 Å². The van der Waals surface area contributed by atoms with Gasteiger partial charge in [-0.15, -0.1) is 0 Å². The van der Waals surface area contributed by atoms with E-state index in [4.69, 9.17) is 0 Å². The fourth-order valence-electron chi connectivity index (χ4n) is 4.08. The van der Waals surface area contributed by atoms with E-state index in [9.17, 15) is 9.18 Å². The molecule has 5 nitrogen and oxygen atoms in total. The van der Waals surface area contributed by atoms with E-state index in [1.807, 2.05) is 24.3 Å². The molecule has 0 saturated heterocycles. The molecule has 1 saturated carbocycles. The average Bonchev–Trinajstić information content (AvgIpc) is 3.16. The Hall–Kier alpha value is -2.63. The Morgan fingerprint density at radius 3 is 3.08 bits per heavy atom. The molecule has 0 bridgehead atoms. The lowest BCUT2D eigenvalue weighted by molar-refractivity contribution is -0.133. The number of fused-ring (bicyclic) bond motifs is 3. The molecule has 25 heavy (non-hydrogen) atoms. The Bertz CT molecular complexity index is 989. The Morgan fingerprint density at radius 2 is 2.28 bits per heavy atom. The minimum absolute atomic E-state index is 0.0627. The van der Waals surface area contributed by atoms with Gasteiger partial charge < -0.3 is 9.88 Å². The first kappa shape index (κ1) is 14.7. The Balaban J connectivity index is 1.38. The zero-order valence-electron chi connectivity index (χ0n) is 14.0. The number of benzene rings is 1. The lowest BCUT2D eigenvalue weighted by Gasteiger charge is -2.27. The van der Waals surface area contributed by atoms with Crippen LogP contribution in [0.3, 0.4) is 0 Å². The van der Waals surface area contributed by atoms with Gasteiger partial charge in [0.15, 0.2) is 0 Å². The van der Waals surface area contributed by atoms with Crippen LogP contribution in [0.1, 0.15) is 29.2 Å². The van der Waals surface area contributed by atoms with Gasteiger partial charge in [-0.05, 0) is 36.1 Å². The molecule has 1 aromatic carbocycles. The van der Waals surface area contributed by atoms with E-state index in [0.717, 1.165) is 47.1 Å². The van der Waals surface area contributed by atoms with Crippen molar-refractivity contribution >= 4 is 16.8 Å². The highest BCUT2D eigenvalue weighted by molar-refractivity contribution is 5.87. The van der Waals surface area contributed by atoms with Crippen LogP contribution >= 0.6 is 0 Å². The maximum Gasteiger partial charge on any atom is 0.226 e. The molecule has 0 unspecified atom stereocenters. The van der Waals surface area contributed by atoms with Crippen molar-refractivity contribution in [3.8, 4) is 0 Å². The number of nitrogens with one attached hydrogen (secondary N) is 1. The number of carbonyl (C=O) groups is 1. The van der Waals surface area contributed by atoms with Crippen LogP contribution in [0.4, 0.5) is 4.39 Å². The Labute approximate surface area is 144 Å². The zero-order valence-corrected chi connectivity index (χ0v) is 14.0. The number of aryl methyl sites for hydroxylation is 1. The third-order valence-corrected chi connectivity index (χ3v) is 5.51. The molecule has 1 fully saturated rings. The van der Waals surface area contributed by atoms with Crippen LogP contribution in [0.2, 0.25) is 0 Å². The molecule has 3 heterocycles. The molecule has 2 atom stereocenters. The molecule has 1 amide bonds. The largest absolute Gasteiger partial charge is 0.358 e. The highest BCUT2D eigenvalue weighted by Gasteiger charge is 2.46. The number of rotatable bonds is 2. The van der Waals surface area contributed by atoms with Crippen LogP contribution in [0.15, 0.2) is 30.6 Å². The lowest BCUT2D eigenvalue weighted by Crippen LogP contribution is -2.37. The van der Waals surface area contributed by atoms with Gasteiger partial charge in [-0.1, -0.05) is 0 Å². The van der Waals surface area contributed by atoms with Gasteiger partial charge >= 0.3 is 0 Å². The zero-order chi connectivity index (χ0) is 17.1. The van der Waals surface area contributed by atoms with E-state index in [-0.39, 0.29) is 17.6 Å². The molecular weight excluding hydrogens is 319 g/mol. The van der Waals surface area contributed by atoms with E-state index in [0.29, 0.717) is 12.5 Å². The van der Waals surface area contributed by atoms with Gasteiger partial charge in [0.1, 0.15) is 5.82 Å². The summed E-state index contributed by atoms with van der Waals surface area (Å²) in [6, 6.07) is 4.80. The van der Waals surface area contributed by atoms with E-state index in [2.05, 4.69) is 10.1 Å². The van der Waals surface area contributed by atoms with Crippen molar-refractivity contribution in [3.05, 3.63) is 53.2 Å². The maximum atomic E-state index is 13.6. The molecule has 1 N–H and O–H groups in total. The molecule has 6 heteroatoms. The smallest absolute Gasteiger partial charge is 0.226 e. The number of aromatic amines is 1. The number of halogens is 1. The second-order valence-electron chi connectivity index (χ2n) is 7.18. The summed E-state index contributed by atoms with van der Waals surface area (Å²) in [6.07, 6.45) is 5.54. The molecular formula is C19H19FN4O. The topological polar surface area (TPSA) is 53.9 Å². The van der Waals surface area contributed by atoms with E-state index >= 15 is 0 Å². The summed E-state index contributed by atoms with van der Waals surface area (Å²) in [5.74, 6) is 0.331. The number of nitrogens with zero attached hydrogens (tertiary/aromatic N) is 3. The number of hydrogen-bond donors (Lipinski definition) is 1. The van der Waals surface area contributed by atoms with Crippen LogP contribution in [-0.2, 0) is 24.8 Å². The van der Waals surface area contributed by atoms with E-state index in [1.54, 1.807) is 16.8 Å². The predicted molar refractivity (Wildman–Crippen MR) is 91.4 cm³/mol. The van der Waals surface area contributed by atoms with Crippen molar-refractivity contribution in [3.63, 3.8) is 0 Å². The molecule has 3 aromatic rings. The first-order valence-corrected chi connectivity index (χ1v) is 8.66. The van der Waals surface area contributed by atoms with Crippen LogP contribution in [0.5, 0.6) is 0 Å². The minimum atomic E-state index is -0.239. The first-order chi connectivity index (χ1) is 12.1. The van der Waals surface area contributed by atoms with Gasteiger partial charge in [0.2, 0.25) is 5.91 Å². The van der Waals surface area contributed by atoms with Crippen molar-refractivity contribution < 1.29 is 9.18 Å². The van der Waals surface area contributed by atoms with Crippen molar-refractivity contribution in [2.24, 2.45) is 13.0 Å². The molecule has 2 aliphatic rings. The fraction of sp³-hybridized carbons (Fsp3) is 0.368. The lowest BCUT2D eigenvalue weighted by atomic mass is 10.0. The number of amides is 1. The summed E-state index contributed by atoms with van der Waals surface area (Å²) in [7, 11) is 1.89. The summed E-state index contributed by atoms with van der Waals surface area (Å²) in [5.41, 5.74) is 4.28. The molecule has 0 radical (unpaired) electrons. The summed E-state index contributed by atoms with van der Waals surface area (Å²) in [4.78, 5) is 18.2. The van der Waals surface area contributed by atoms with Gasteiger partial charge in [-0.3, -0.25) is 9.48 Å². The standard InChI is InChI=1S/C19H19FN4O/c1-23-9-11(8-21-23)13-7-15(13)19(25)24-5-4-18-16(10-24)14-6-12(20)2-3-17(14)22-18/h2-3,6,8-9,13,15,22H,4-5,7,10H2,1H3/t13-,15+/m0/s1. The van der Waals surface area contributed by atoms with Crippen LogP contribution in [0, 0.1) is 11.7 Å². The summed E-state index contributed by atoms with van der Waals surface area (Å²) in [5, 5.41) is 5.10. The van der Waals surface area contributed by atoms with Gasteiger partial charge in [0, 0.05) is 60.8 Å². The predicted octanol–water partition coefficient (Wildman–Crippen LogP) is 2.73.